The highest BCUT2D eigenvalue weighted by Gasteiger charge is 2.26. The quantitative estimate of drug-likeness (QED) is 0.185. The molecule has 1 heterocycles. The van der Waals surface area contributed by atoms with Crippen LogP contribution in [-0.2, 0) is 21.2 Å². The van der Waals surface area contributed by atoms with Gasteiger partial charge in [0.25, 0.3) is 0 Å². The molecule has 0 spiro atoms. The zero-order valence-corrected chi connectivity index (χ0v) is 26.9. The summed E-state index contributed by atoms with van der Waals surface area (Å²) in [5.41, 5.74) is 7.95. The van der Waals surface area contributed by atoms with Gasteiger partial charge in [0.15, 0.2) is 21.3 Å². The number of aromatic nitrogens is 1. The number of pyridine rings is 1. The molecular formula is C32H38N6O6S. The molecule has 238 valence electrons. The number of rotatable bonds is 11. The molecule has 5 N–H and O–H groups in total. The van der Waals surface area contributed by atoms with Crippen molar-refractivity contribution in [3.63, 3.8) is 0 Å². The Labute approximate surface area is 262 Å². The molecular weight excluding hydrogens is 596 g/mol. The van der Waals surface area contributed by atoms with Crippen LogP contribution in [0.4, 0.5) is 22.0 Å². The lowest BCUT2D eigenvalue weighted by atomic mass is 10.0. The molecule has 3 aromatic carbocycles. The summed E-state index contributed by atoms with van der Waals surface area (Å²) in [4.78, 5) is 31.8. The lowest BCUT2D eigenvalue weighted by molar-refractivity contribution is -0.122. The third kappa shape index (κ3) is 7.37. The molecule has 1 aromatic heterocycles. The van der Waals surface area contributed by atoms with Gasteiger partial charge in [0, 0.05) is 43.6 Å². The number of carbonyl (C=O) groups is 2. The molecule has 0 saturated carbocycles. The van der Waals surface area contributed by atoms with Gasteiger partial charge in [-0.1, -0.05) is 6.07 Å². The van der Waals surface area contributed by atoms with Crippen molar-refractivity contribution in [3.8, 4) is 11.5 Å². The Morgan fingerprint density at radius 2 is 1.64 bits per heavy atom. The van der Waals surface area contributed by atoms with Gasteiger partial charge >= 0.3 is 6.03 Å². The van der Waals surface area contributed by atoms with Gasteiger partial charge in [0.05, 0.1) is 24.4 Å². The van der Waals surface area contributed by atoms with Crippen LogP contribution in [0.5, 0.6) is 11.5 Å². The van der Waals surface area contributed by atoms with E-state index in [1.165, 1.54) is 31.3 Å². The van der Waals surface area contributed by atoms with Crippen molar-refractivity contribution in [1.29, 1.82) is 0 Å². The van der Waals surface area contributed by atoms with Gasteiger partial charge < -0.3 is 36.1 Å². The lowest BCUT2D eigenvalue weighted by Crippen LogP contribution is -2.34. The molecule has 13 heteroatoms. The fraction of sp³-hybridized carbons (Fsp3) is 0.281. The van der Waals surface area contributed by atoms with E-state index in [-0.39, 0.29) is 17.5 Å². The van der Waals surface area contributed by atoms with Gasteiger partial charge in [-0.25, -0.2) is 18.2 Å². The van der Waals surface area contributed by atoms with Crippen molar-refractivity contribution >= 4 is 49.7 Å². The van der Waals surface area contributed by atoms with Crippen molar-refractivity contribution in [2.75, 3.05) is 44.7 Å². The summed E-state index contributed by atoms with van der Waals surface area (Å²) in [5.74, 6) is 0.882. The number of methoxy groups -OCH3 is 2. The van der Waals surface area contributed by atoms with Gasteiger partial charge in [-0.3, -0.25) is 4.79 Å². The zero-order chi connectivity index (χ0) is 32.9. The van der Waals surface area contributed by atoms with Crippen LogP contribution in [0.3, 0.4) is 0 Å². The molecule has 1 unspecified atom stereocenters. The van der Waals surface area contributed by atoms with Gasteiger partial charge in [-0.15, -0.1) is 0 Å². The number of sulfone groups is 1. The second-order valence-corrected chi connectivity index (χ2v) is 13.3. The van der Waals surface area contributed by atoms with Crippen LogP contribution in [0.1, 0.15) is 31.0 Å². The third-order valence-electron chi connectivity index (χ3n) is 7.21. The molecule has 3 amide bonds. The minimum atomic E-state index is -3.71. The number of hydrogen-bond acceptors (Lipinski definition) is 9. The van der Waals surface area contributed by atoms with E-state index in [1.54, 1.807) is 64.5 Å². The van der Waals surface area contributed by atoms with Crippen molar-refractivity contribution in [3.05, 3.63) is 78.0 Å². The SMILES string of the molecule is COc1ccc(C(Nc2ccc3c(N)nccc3c2)C(=O)NCc2cc(NC(=O)N(C)C)ccc2S(=O)(=O)C(C)C)cc1OC. The molecule has 0 aliphatic carbocycles. The first-order valence-corrected chi connectivity index (χ1v) is 15.7. The van der Waals surface area contributed by atoms with Crippen molar-refractivity contribution in [2.24, 2.45) is 0 Å². The van der Waals surface area contributed by atoms with Crippen LogP contribution in [0.25, 0.3) is 10.8 Å². The minimum Gasteiger partial charge on any atom is -0.493 e. The number of carbonyl (C=O) groups excluding carboxylic acids is 2. The van der Waals surface area contributed by atoms with E-state index in [0.29, 0.717) is 39.8 Å². The molecule has 0 fully saturated rings. The Hall–Kier alpha value is -5.04. The van der Waals surface area contributed by atoms with E-state index in [4.69, 9.17) is 15.2 Å². The predicted octanol–water partition coefficient (Wildman–Crippen LogP) is 4.58. The molecule has 1 atom stereocenters. The average Bonchev–Trinajstić information content (AvgIpc) is 3.02. The van der Waals surface area contributed by atoms with E-state index in [0.717, 1.165) is 10.8 Å². The Morgan fingerprint density at radius 3 is 2.31 bits per heavy atom. The highest BCUT2D eigenvalue weighted by Crippen LogP contribution is 2.33. The van der Waals surface area contributed by atoms with E-state index >= 15 is 0 Å². The van der Waals surface area contributed by atoms with Crippen LogP contribution < -0.4 is 31.2 Å². The summed E-state index contributed by atoms with van der Waals surface area (Å²) in [6, 6.07) is 15.7. The largest absolute Gasteiger partial charge is 0.493 e. The Morgan fingerprint density at radius 1 is 0.933 bits per heavy atom. The molecule has 45 heavy (non-hydrogen) atoms. The van der Waals surface area contributed by atoms with E-state index in [2.05, 4.69) is 20.9 Å². The number of nitrogens with two attached hydrogens (primary N) is 1. The second-order valence-electron chi connectivity index (χ2n) is 10.8. The second kappa shape index (κ2) is 13.7. The lowest BCUT2D eigenvalue weighted by Gasteiger charge is -2.22. The molecule has 4 rings (SSSR count). The minimum absolute atomic E-state index is 0.0667. The summed E-state index contributed by atoms with van der Waals surface area (Å²) >= 11 is 0. The van der Waals surface area contributed by atoms with Gasteiger partial charge in [-0.05, 0) is 85.0 Å². The first-order chi connectivity index (χ1) is 21.3. The average molecular weight is 635 g/mol. The van der Waals surface area contributed by atoms with Crippen LogP contribution in [0.15, 0.2) is 71.8 Å². The van der Waals surface area contributed by atoms with Gasteiger partial charge in [-0.2, -0.15) is 0 Å². The number of anilines is 3. The normalized spacial score (nSPS) is 12.0. The number of urea groups is 1. The Balaban J connectivity index is 1.71. The number of nitrogens with zero attached hydrogens (tertiary/aromatic N) is 2. The fourth-order valence-electron chi connectivity index (χ4n) is 4.64. The monoisotopic (exact) mass is 634 g/mol. The number of hydrogen-bond donors (Lipinski definition) is 4. The highest BCUT2D eigenvalue weighted by molar-refractivity contribution is 7.92. The van der Waals surface area contributed by atoms with Crippen LogP contribution in [0.2, 0.25) is 0 Å². The molecule has 0 aliphatic rings. The predicted molar refractivity (Wildman–Crippen MR) is 175 cm³/mol. The summed E-state index contributed by atoms with van der Waals surface area (Å²) in [7, 11) is 2.50. The number of benzene rings is 3. The molecule has 4 aromatic rings. The van der Waals surface area contributed by atoms with Crippen LogP contribution >= 0.6 is 0 Å². The standard InChI is InChI=1S/C32H38N6O6S/c1-19(2)45(41,42)28-12-9-24(37-32(40)38(3)4)16-22(28)18-35-31(39)29(21-7-11-26(43-5)27(17-21)44-6)36-23-8-10-25-20(15-23)13-14-34-30(25)33/h7-17,19,29,36H,18H2,1-6H3,(H2,33,34)(H,35,39)(H,37,40). The molecule has 0 saturated heterocycles. The topological polar surface area (TPSA) is 165 Å². The number of fused-ring (bicyclic) bond motifs is 1. The Bertz CT molecular complexity index is 1830. The maximum atomic E-state index is 13.9. The summed E-state index contributed by atoms with van der Waals surface area (Å²) in [6.07, 6.45) is 1.61. The summed E-state index contributed by atoms with van der Waals surface area (Å²) < 4.78 is 37.3. The number of nitrogens with one attached hydrogen (secondary N) is 3. The van der Waals surface area contributed by atoms with E-state index in [1.807, 2.05) is 18.2 Å². The van der Waals surface area contributed by atoms with Crippen LogP contribution in [0, 0.1) is 0 Å². The van der Waals surface area contributed by atoms with Gasteiger partial charge in [0.1, 0.15) is 11.9 Å². The molecule has 0 radical (unpaired) electrons. The number of nitrogen functional groups attached to an aromatic ring is 1. The van der Waals surface area contributed by atoms with Gasteiger partial charge in [0.2, 0.25) is 5.91 Å². The Kier molecular flexibility index (Phi) is 10.0. The highest BCUT2D eigenvalue weighted by atomic mass is 32.2. The third-order valence-corrected chi connectivity index (χ3v) is 9.46. The zero-order valence-electron chi connectivity index (χ0n) is 26.0. The maximum Gasteiger partial charge on any atom is 0.321 e. The van der Waals surface area contributed by atoms with Crippen LogP contribution in [-0.4, -0.2) is 63.8 Å². The summed E-state index contributed by atoms with van der Waals surface area (Å²) in [6.45, 7) is 3.05. The van der Waals surface area contributed by atoms with Crippen molar-refractivity contribution in [1.82, 2.24) is 15.2 Å². The molecule has 0 bridgehead atoms. The molecule has 12 nitrogen and oxygen atoms in total. The number of ether oxygens (including phenoxy) is 2. The first-order valence-electron chi connectivity index (χ1n) is 14.1. The number of amides is 3. The van der Waals surface area contributed by atoms with E-state index in [9.17, 15) is 18.0 Å². The maximum absolute atomic E-state index is 13.9. The fourth-order valence-corrected chi connectivity index (χ4v) is 5.90. The van der Waals surface area contributed by atoms with E-state index < -0.39 is 27.0 Å². The summed E-state index contributed by atoms with van der Waals surface area (Å²) in [5, 5.41) is 9.82. The molecule has 0 aliphatic heterocycles. The smallest absolute Gasteiger partial charge is 0.321 e. The first kappa shape index (κ1) is 32.9. The van der Waals surface area contributed by atoms with Crippen molar-refractivity contribution in [2.45, 2.75) is 36.6 Å². The van der Waals surface area contributed by atoms with Crippen molar-refractivity contribution < 1.29 is 27.5 Å².